The van der Waals surface area contributed by atoms with Crippen LogP contribution in [0.4, 0.5) is 5.69 Å². The lowest BCUT2D eigenvalue weighted by Crippen LogP contribution is -2.27. The number of hydrogen-bond donors (Lipinski definition) is 2. The molecule has 2 rings (SSSR count). The van der Waals surface area contributed by atoms with E-state index < -0.39 is 10.0 Å². The zero-order valence-electron chi connectivity index (χ0n) is 10.9. The van der Waals surface area contributed by atoms with Crippen LogP contribution in [0.2, 0.25) is 5.02 Å². The quantitative estimate of drug-likeness (QED) is 0.853. The topological polar surface area (TPSA) is 72.2 Å². The van der Waals surface area contributed by atoms with Crippen LogP contribution in [0.3, 0.4) is 0 Å². The number of benzene rings is 2. The first-order valence-corrected chi connectivity index (χ1v) is 7.88. The number of nitrogens with two attached hydrogens (primary N) is 1. The van der Waals surface area contributed by atoms with Crippen molar-refractivity contribution in [3.05, 3.63) is 59.1 Å². The molecule has 0 aliphatic carbocycles. The molecule has 0 unspecified atom stereocenters. The highest BCUT2D eigenvalue weighted by Crippen LogP contribution is 2.24. The third kappa shape index (κ3) is 3.30. The number of sulfonamides is 1. The molecule has 2 aromatic rings. The molecule has 6 heteroatoms. The fourth-order valence-electron chi connectivity index (χ4n) is 1.87. The molecular weight excluding hydrogens is 296 g/mol. The molecule has 0 fully saturated rings. The predicted molar refractivity (Wildman–Crippen MR) is 81.0 cm³/mol. The zero-order chi connectivity index (χ0) is 14.8. The van der Waals surface area contributed by atoms with Crippen LogP contribution in [-0.4, -0.2) is 8.42 Å². The second-order valence-electron chi connectivity index (χ2n) is 4.44. The lowest BCUT2D eigenvalue weighted by atomic mass is 10.1. The Bertz CT molecular complexity index is 702. The Balaban J connectivity index is 2.28. The van der Waals surface area contributed by atoms with E-state index in [1.165, 1.54) is 18.2 Å². The van der Waals surface area contributed by atoms with Gasteiger partial charge in [0.2, 0.25) is 10.0 Å². The van der Waals surface area contributed by atoms with E-state index in [9.17, 15) is 8.42 Å². The van der Waals surface area contributed by atoms with Crippen molar-refractivity contribution in [1.29, 1.82) is 0 Å². The average Bonchev–Trinajstić information content (AvgIpc) is 2.38. The summed E-state index contributed by atoms with van der Waals surface area (Å²) in [5, 5.41) is 0.401. The zero-order valence-corrected chi connectivity index (χ0v) is 12.4. The van der Waals surface area contributed by atoms with Crippen LogP contribution < -0.4 is 10.5 Å². The Labute approximate surface area is 123 Å². The minimum Gasteiger partial charge on any atom is -0.398 e. The minimum absolute atomic E-state index is 0.0321. The van der Waals surface area contributed by atoms with E-state index in [-0.39, 0.29) is 16.6 Å². The van der Waals surface area contributed by atoms with Gasteiger partial charge < -0.3 is 5.73 Å². The molecule has 0 aromatic heterocycles. The fraction of sp³-hybridized carbons (Fsp3) is 0.143. The largest absolute Gasteiger partial charge is 0.398 e. The lowest BCUT2D eigenvalue weighted by Gasteiger charge is -2.15. The van der Waals surface area contributed by atoms with Crippen molar-refractivity contribution in [2.24, 2.45) is 0 Å². The van der Waals surface area contributed by atoms with Gasteiger partial charge in [-0.25, -0.2) is 13.1 Å². The average molecular weight is 311 g/mol. The maximum atomic E-state index is 12.3. The Hall–Kier alpha value is -1.56. The number of rotatable bonds is 4. The smallest absolute Gasteiger partial charge is 0.243 e. The highest BCUT2D eigenvalue weighted by molar-refractivity contribution is 7.89. The van der Waals surface area contributed by atoms with Gasteiger partial charge in [-0.15, -0.1) is 0 Å². The van der Waals surface area contributed by atoms with Gasteiger partial charge >= 0.3 is 0 Å². The van der Waals surface area contributed by atoms with E-state index in [0.29, 0.717) is 5.02 Å². The predicted octanol–water partition coefficient (Wildman–Crippen LogP) is 2.96. The maximum absolute atomic E-state index is 12.3. The first kappa shape index (κ1) is 14.8. The normalized spacial score (nSPS) is 13.1. The molecule has 0 bridgehead atoms. The van der Waals surface area contributed by atoms with E-state index in [4.69, 9.17) is 17.3 Å². The first-order chi connectivity index (χ1) is 9.40. The van der Waals surface area contributed by atoms with Gasteiger partial charge in [0.05, 0.1) is 5.69 Å². The van der Waals surface area contributed by atoms with Crippen molar-refractivity contribution in [2.75, 3.05) is 5.73 Å². The molecule has 4 nitrogen and oxygen atoms in total. The number of halogens is 1. The van der Waals surface area contributed by atoms with Gasteiger partial charge in [-0.05, 0) is 30.7 Å². The summed E-state index contributed by atoms with van der Waals surface area (Å²) in [6.07, 6.45) is 0. The van der Waals surface area contributed by atoms with Gasteiger partial charge in [0.1, 0.15) is 4.90 Å². The van der Waals surface area contributed by atoms with Gasteiger partial charge in [-0.3, -0.25) is 0 Å². The van der Waals surface area contributed by atoms with E-state index in [0.717, 1.165) is 5.56 Å². The Morgan fingerprint density at radius 3 is 2.40 bits per heavy atom. The van der Waals surface area contributed by atoms with E-state index in [2.05, 4.69) is 4.72 Å². The molecule has 0 saturated heterocycles. The van der Waals surface area contributed by atoms with Crippen molar-refractivity contribution in [1.82, 2.24) is 4.72 Å². The van der Waals surface area contributed by atoms with Crippen LogP contribution in [0, 0.1) is 0 Å². The molecule has 0 radical (unpaired) electrons. The number of nitrogens with one attached hydrogen (secondary N) is 1. The molecule has 3 N–H and O–H groups in total. The van der Waals surface area contributed by atoms with E-state index in [1.807, 2.05) is 30.3 Å². The summed E-state index contributed by atoms with van der Waals surface area (Å²) >= 11 is 5.77. The molecule has 0 aliphatic heterocycles. The summed E-state index contributed by atoms with van der Waals surface area (Å²) in [6.45, 7) is 1.78. The maximum Gasteiger partial charge on any atom is 0.243 e. The fourth-order valence-corrected chi connectivity index (χ4v) is 3.40. The number of anilines is 1. The molecule has 0 spiro atoms. The molecule has 0 saturated carbocycles. The molecule has 2 aromatic carbocycles. The van der Waals surface area contributed by atoms with Crippen molar-refractivity contribution >= 4 is 27.3 Å². The second kappa shape index (κ2) is 5.83. The molecule has 0 aliphatic rings. The third-order valence-corrected chi connectivity index (χ3v) is 4.74. The van der Waals surface area contributed by atoms with Crippen molar-refractivity contribution in [3.8, 4) is 0 Å². The third-order valence-electron chi connectivity index (χ3n) is 2.89. The van der Waals surface area contributed by atoms with Crippen molar-refractivity contribution in [3.63, 3.8) is 0 Å². The highest BCUT2D eigenvalue weighted by atomic mass is 35.5. The van der Waals surface area contributed by atoms with E-state index >= 15 is 0 Å². The summed E-state index contributed by atoms with van der Waals surface area (Å²) in [6, 6.07) is 13.3. The lowest BCUT2D eigenvalue weighted by molar-refractivity contribution is 0.567. The Morgan fingerprint density at radius 1 is 1.15 bits per heavy atom. The molecule has 0 amide bonds. The monoisotopic (exact) mass is 310 g/mol. The van der Waals surface area contributed by atoms with Crippen molar-refractivity contribution in [2.45, 2.75) is 17.9 Å². The van der Waals surface area contributed by atoms with Gasteiger partial charge in [0, 0.05) is 11.1 Å². The van der Waals surface area contributed by atoms with Crippen molar-refractivity contribution < 1.29 is 8.42 Å². The minimum atomic E-state index is -3.69. The SMILES string of the molecule is C[C@@H](NS(=O)(=O)c1ccc(Cl)cc1N)c1ccccc1. The summed E-state index contributed by atoms with van der Waals surface area (Å²) < 4.78 is 27.2. The van der Waals surface area contributed by atoms with Gasteiger partial charge in [0.25, 0.3) is 0 Å². The highest BCUT2D eigenvalue weighted by Gasteiger charge is 2.20. The van der Waals surface area contributed by atoms with Crippen LogP contribution in [-0.2, 0) is 10.0 Å². The molecule has 0 heterocycles. The summed E-state index contributed by atoms with van der Waals surface area (Å²) in [5.41, 5.74) is 6.73. The summed E-state index contributed by atoms with van der Waals surface area (Å²) in [5.74, 6) is 0. The Morgan fingerprint density at radius 2 is 1.80 bits per heavy atom. The van der Waals surface area contributed by atoms with Gasteiger partial charge in [0.15, 0.2) is 0 Å². The standard InChI is InChI=1S/C14H15ClN2O2S/c1-10(11-5-3-2-4-6-11)17-20(18,19)14-8-7-12(15)9-13(14)16/h2-10,17H,16H2,1H3/t10-/m1/s1. The van der Waals surface area contributed by atoms with Crippen LogP contribution >= 0.6 is 11.6 Å². The molecule has 20 heavy (non-hydrogen) atoms. The number of hydrogen-bond acceptors (Lipinski definition) is 3. The van der Waals surface area contributed by atoms with Gasteiger partial charge in [-0.1, -0.05) is 41.9 Å². The summed E-state index contributed by atoms with van der Waals surface area (Å²) in [7, 11) is -3.69. The molecular formula is C14H15ClN2O2S. The van der Waals surface area contributed by atoms with E-state index in [1.54, 1.807) is 6.92 Å². The Kier molecular flexibility index (Phi) is 4.32. The molecule has 106 valence electrons. The first-order valence-electron chi connectivity index (χ1n) is 6.02. The second-order valence-corrected chi connectivity index (χ2v) is 6.55. The van der Waals surface area contributed by atoms with Gasteiger partial charge in [-0.2, -0.15) is 0 Å². The van der Waals surface area contributed by atoms with Crippen LogP contribution in [0.5, 0.6) is 0 Å². The van der Waals surface area contributed by atoms with Crippen LogP contribution in [0.25, 0.3) is 0 Å². The van der Waals surface area contributed by atoms with Crippen LogP contribution in [0.15, 0.2) is 53.4 Å². The van der Waals surface area contributed by atoms with Crippen LogP contribution in [0.1, 0.15) is 18.5 Å². The molecule has 1 atom stereocenters. The summed E-state index contributed by atoms with van der Waals surface area (Å²) in [4.78, 5) is 0.0321. The number of nitrogen functional groups attached to an aromatic ring is 1.